The molecule has 0 fully saturated rings. The SMILES string of the molecule is OCc1ccccc1.[H-].[Li+]. The van der Waals surface area contributed by atoms with Crippen molar-refractivity contribution in [3.8, 4) is 0 Å². The third-order valence-electron chi connectivity index (χ3n) is 1.03. The van der Waals surface area contributed by atoms with Crippen molar-refractivity contribution in [2.75, 3.05) is 0 Å². The molecule has 0 saturated heterocycles. The van der Waals surface area contributed by atoms with Crippen LogP contribution in [-0.2, 0) is 6.61 Å². The molecule has 2 heteroatoms. The molecule has 0 aliphatic heterocycles. The summed E-state index contributed by atoms with van der Waals surface area (Å²) < 4.78 is 0. The Labute approximate surface area is 68.4 Å². The first-order chi connectivity index (χ1) is 3.93. The van der Waals surface area contributed by atoms with Crippen LogP contribution in [0.5, 0.6) is 0 Å². The van der Waals surface area contributed by atoms with Gasteiger partial charge in [0.25, 0.3) is 0 Å². The van der Waals surface area contributed by atoms with Gasteiger partial charge < -0.3 is 6.53 Å². The van der Waals surface area contributed by atoms with E-state index in [-0.39, 0.29) is 26.9 Å². The molecule has 0 amide bonds. The smallest absolute Gasteiger partial charge is 1.00 e. The van der Waals surface area contributed by atoms with E-state index in [1.165, 1.54) is 0 Å². The maximum Gasteiger partial charge on any atom is 1.00 e. The van der Waals surface area contributed by atoms with Crippen molar-refractivity contribution in [1.82, 2.24) is 0 Å². The van der Waals surface area contributed by atoms with Crippen molar-refractivity contribution in [3.63, 3.8) is 0 Å². The van der Waals surface area contributed by atoms with Gasteiger partial charge in [0.1, 0.15) is 0 Å². The molecule has 0 radical (unpaired) electrons. The summed E-state index contributed by atoms with van der Waals surface area (Å²) in [6, 6.07) is 9.52. The number of rotatable bonds is 1. The normalized spacial score (nSPS) is 8.11. The Morgan fingerprint density at radius 1 is 1.22 bits per heavy atom. The molecule has 0 aromatic heterocycles. The van der Waals surface area contributed by atoms with Gasteiger partial charge in [0, 0.05) is 0 Å². The van der Waals surface area contributed by atoms with Gasteiger partial charge in [-0.2, -0.15) is 0 Å². The maximum absolute atomic E-state index is 8.54. The Bertz CT molecular complexity index is 155. The van der Waals surface area contributed by atoms with E-state index in [9.17, 15) is 0 Å². The fourth-order valence-electron chi connectivity index (χ4n) is 0.583. The van der Waals surface area contributed by atoms with Crippen molar-refractivity contribution < 1.29 is 25.4 Å². The zero-order valence-corrected chi connectivity index (χ0v) is 5.54. The second kappa shape index (κ2) is 4.64. The van der Waals surface area contributed by atoms with Crippen LogP contribution in [-0.4, -0.2) is 5.11 Å². The molecule has 0 bridgehead atoms. The summed E-state index contributed by atoms with van der Waals surface area (Å²) in [5.41, 5.74) is 0.965. The van der Waals surface area contributed by atoms with Gasteiger partial charge in [0.05, 0.1) is 6.61 Å². The second-order valence-electron chi connectivity index (χ2n) is 1.64. The second-order valence-corrected chi connectivity index (χ2v) is 1.64. The summed E-state index contributed by atoms with van der Waals surface area (Å²) >= 11 is 0. The number of aliphatic hydroxyl groups excluding tert-OH is 1. The first-order valence-corrected chi connectivity index (χ1v) is 2.58. The van der Waals surface area contributed by atoms with Crippen LogP contribution >= 0.6 is 0 Å². The van der Waals surface area contributed by atoms with Crippen LogP contribution < -0.4 is 18.9 Å². The van der Waals surface area contributed by atoms with Gasteiger partial charge in [0.2, 0.25) is 0 Å². The standard InChI is InChI=1S/C7H8O.Li.H/c8-6-7-4-2-1-3-5-7;;/h1-5,8H,6H2;;/q;+1;-1. The minimum atomic E-state index is 0. The van der Waals surface area contributed by atoms with E-state index in [1.807, 2.05) is 30.3 Å². The van der Waals surface area contributed by atoms with E-state index in [4.69, 9.17) is 5.11 Å². The molecular weight excluding hydrogens is 107 g/mol. The minimum Gasteiger partial charge on any atom is -1.00 e. The van der Waals surface area contributed by atoms with E-state index in [0.29, 0.717) is 0 Å². The Hall–Kier alpha value is -0.223. The van der Waals surface area contributed by atoms with E-state index >= 15 is 0 Å². The zero-order chi connectivity index (χ0) is 5.82. The summed E-state index contributed by atoms with van der Waals surface area (Å²) in [5.74, 6) is 0. The summed E-state index contributed by atoms with van der Waals surface area (Å²) in [7, 11) is 0. The van der Waals surface area contributed by atoms with E-state index in [1.54, 1.807) is 0 Å². The third kappa shape index (κ3) is 2.72. The summed E-state index contributed by atoms with van der Waals surface area (Å²) in [6.45, 7) is 0.140. The monoisotopic (exact) mass is 116 g/mol. The van der Waals surface area contributed by atoms with Gasteiger partial charge in [0.15, 0.2) is 0 Å². The largest absolute Gasteiger partial charge is 1.00 e. The van der Waals surface area contributed by atoms with E-state index in [0.717, 1.165) is 5.56 Å². The predicted molar refractivity (Wildman–Crippen MR) is 33.5 cm³/mol. The molecule has 0 aliphatic carbocycles. The van der Waals surface area contributed by atoms with Crippen molar-refractivity contribution in [2.24, 2.45) is 0 Å². The topological polar surface area (TPSA) is 20.2 Å². The van der Waals surface area contributed by atoms with Crippen LogP contribution in [0.1, 0.15) is 6.99 Å². The number of aliphatic hydroxyl groups is 1. The predicted octanol–water partition coefficient (Wildman–Crippen LogP) is -1.70. The Balaban J connectivity index is 0. The van der Waals surface area contributed by atoms with Crippen LogP contribution in [0.2, 0.25) is 0 Å². The average Bonchev–Trinajstić information content (AvgIpc) is 1.90. The average molecular weight is 116 g/mol. The fraction of sp³-hybridized carbons (Fsp3) is 0.143. The number of benzene rings is 1. The molecule has 0 spiro atoms. The first-order valence-electron chi connectivity index (χ1n) is 2.58. The minimum absolute atomic E-state index is 0. The molecular formula is C7H9LiO. The van der Waals surface area contributed by atoms with Gasteiger partial charge >= 0.3 is 18.9 Å². The Morgan fingerprint density at radius 3 is 2.11 bits per heavy atom. The van der Waals surface area contributed by atoms with Crippen molar-refractivity contribution >= 4 is 0 Å². The fourth-order valence-corrected chi connectivity index (χ4v) is 0.583. The van der Waals surface area contributed by atoms with Crippen molar-refractivity contribution in [3.05, 3.63) is 35.9 Å². The van der Waals surface area contributed by atoms with Gasteiger partial charge in [-0.25, -0.2) is 0 Å². The summed E-state index contributed by atoms with van der Waals surface area (Å²) in [6.07, 6.45) is 0. The summed E-state index contributed by atoms with van der Waals surface area (Å²) in [4.78, 5) is 0. The molecule has 0 atom stereocenters. The molecule has 0 heterocycles. The molecule has 1 aromatic rings. The molecule has 9 heavy (non-hydrogen) atoms. The molecule has 1 N–H and O–H groups in total. The van der Waals surface area contributed by atoms with Crippen LogP contribution in [0.15, 0.2) is 30.3 Å². The Morgan fingerprint density at radius 2 is 1.78 bits per heavy atom. The summed E-state index contributed by atoms with van der Waals surface area (Å²) in [5, 5.41) is 8.54. The van der Waals surface area contributed by atoms with Crippen molar-refractivity contribution in [1.29, 1.82) is 0 Å². The molecule has 1 nitrogen and oxygen atoms in total. The van der Waals surface area contributed by atoms with Gasteiger partial charge in [-0.1, -0.05) is 30.3 Å². The van der Waals surface area contributed by atoms with E-state index < -0.39 is 0 Å². The first kappa shape index (κ1) is 8.78. The molecule has 0 aliphatic rings. The number of hydrogen-bond donors (Lipinski definition) is 1. The van der Waals surface area contributed by atoms with Crippen LogP contribution in [0.3, 0.4) is 0 Å². The van der Waals surface area contributed by atoms with Crippen LogP contribution in [0.25, 0.3) is 0 Å². The molecule has 0 unspecified atom stereocenters. The van der Waals surface area contributed by atoms with Gasteiger partial charge in [-0.3, -0.25) is 0 Å². The van der Waals surface area contributed by atoms with Crippen molar-refractivity contribution in [2.45, 2.75) is 6.61 Å². The molecule has 1 aromatic carbocycles. The van der Waals surface area contributed by atoms with E-state index in [2.05, 4.69) is 0 Å². The zero-order valence-electron chi connectivity index (χ0n) is 6.54. The Kier molecular flexibility index (Phi) is 4.52. The van der Waals surface area contributed by atoms with Crippen LogP contribution in [0.4, 0.5) is 0 Å². The molecule has 0 saturated carbocycles. The number of hydrogen-bond acceptors (Lipinski definition) is 1. The maximum atomic E-state index is 8.54. The quantitative estimate of drug-likeness (QED) is 0.433. The molecule has 44 valence electrons. The van der Waals surface area contributed by atoms with Crippen LogP contribution in [0, 0.1) is 0 Å². The molecule has 1 rings (SSSR count). The van der Waals surface area contributed by atoms with Gasteiger partial charge in [-0.05, 0) is 5.56 Å². The third-order valence-corrected chi connectivity index (χ3v) is 1.03. The van der Waals surface area contributed by atoms with Gasteiger partial charge in [-0.15, -0.1) is 0 Å².